The summed E-state index contributed by atoms with van der Waals surface area (Å²) in [7, 11) is 1.93. The molecule has 0 bridgehead atoms. The molecule has 0 spiro atoms. The summed E-state index contributed by atoms with van der Waals surface area (Å²) in [6, 6.07) is 2.16. The number of hydrogen-bond donors (Lipinski definition) is 1. The number of thioether (sulfide) groups is 1. The molecule has 1 aromatic heterocycles. The molecule has 0 radical (unpaired) electrons. The Kier molecular flexibility index (Phi) is 3.90. The summed E-state index contributed by atoms with van der Waals surface area (Å²) in [5.41, 5.74) is 2.27. The zero-order valence-corrected chi connectivity index (χ0v) is 10.5. The lowest BCUT2D eigenvalue weighted by Crippen LogP contribution is -2.36. The van der Waals surface area contributed by atoms with E-state index in [1.165, 1.54) is 5.69 Å². The van der Waals surface area contributed by atoms with Gasteiger partial charge in [0.15, 0.2) is 0 Å². The zero-order valence-electron chi connectivity index (χ0n) is 9.69. The van der Waals surface area contributed by atoms with E-state index >= 15 is 0 Å². The first-order valence-corrected chi connectivity index (χ1v) is 6.62. The summed E-state index contributed by atoms with van der Waals surface area (Å²) in [5, 5.41) is 4.23. The van der Waals surface area contributed by atoms with Crippen LogP contribution in [-0.4, -0.2) is 44.6 Å². The molecular weight excluding hydrogens is 222 g/mol. The van der Waals surface area contributed by atoms with Crippen molar-refractivity contribution in [1.82, 2.24) is 4.98 Å². The number of ether oxygens (including phenoxy) is 1. The molecule has 0 saturated carbocycles. The van der Waals surface area contributed by atoms with Crippen LogP contribution in [0.25, 0.3) is 0 Å². The average molecular weight is 239 g/mol. The molecule has 0 aromatic carbocycles. The van der Waals surface area contributed by atoms with E-state index in [1.807, 2.05) is 19.5 Å². The molecule has 0 aliphatic carbocycles. The van der Waals surface area contributed by atoms with Gasteiger partial charge in [-0.15, -0.1) is 11.8 Å². The van der Waals surface area contributed by atoms with E-state index in [1.54, 1.807) is 11.8 Å². The Morgan fingerprint density at radius 1 is 1.44 bits per heavy atom. The summed E-state index contributed by atoms with van der Waals surface area (Å²) in [6.07, 6.45) is 3.98. The summed E-state index contributed by atoms with van der Waals surface area (Å²) < 4.78 is 5.34. The Balaban J connectivity index is 2.20. The van der Waals surface area contributed by atoms with Crippen LogP contribution in [-0.2, 0) is 4.74 Å². The van der Waals surface area contributed by atoms with Gasteiger partial charge in [0, 0.05) is 20.1 Å². The Hall–Kier alpha value is -0.940. The third kappa shape index (κ3) is 2.41. The van der Waals surface area contributed by atoms with Crippen LogP contribution in [0.1, 0.15) is 0 Å². The monoisotopic (exact) mass is 239 g/mol. The SMILES string of the molecule is CNc1cc(N2CCOCC2)cnc1SC. The fourth-order valence-electron chi connectivity index (χ4n) is 1.78. The molecule has 0 unspecified atom stereocenters. The van der Waals surface area contributed by atoms with Gasteiger partial charge in [0.25, 0.3) is 0 Å². The fourth-order valence-corrected chi connectivity index (χ4v) is 2.32. The van der Waals surface area contributed by atoms with Gasteiger partial charge in [-0.2, -0.15) is 0 Å². The zero-order chi connectivity index (χ0) is 11.4. The van der Waals surface area contributed by atoms with Crippen molar-refractivity contribution in [1.29, 1.82) is 0 Å². The first-order valence-electron chi connectivity index (χ1n) is 5.39. The Bertz CT molecular complexity index is 353. The van der Waals surface area contributed by atoms with Crippen LogP contribution >= 0.6 is 11.8 Å². The fraction of sp³-hybridized carbons (Fsp3) is 0.545. The number of nitrogens with one attached hydrogen (secondary N) is 1. The number of anilines is 2. The molecular formula is C11H17N3OS. The van der Waals surface area contributed by atoms with E-state index in [0.717, 1.165) is 37.0 Å². The van der Waals surface area contributed by atoms with Gasteiger partial charge >= 0.3 is 0 Å². The minimum absolute atomic E-state index is 0.805. The minimum atomic E-state index is 0.805. The van der Waals surface area contributed by atoms with E-state index in [-0.39, 0.29) is 0 Å². The normalized spacial score (nSPS) is 16.2. The predicted octanol–water partition coefficient (Wildman–Crippen LogP) is 1.68. The molecule has 16 heavy (non-hydrogen) atoms. The minimum Gasteiger partial charge on any atom is -0.386 e. The van der Waals surface area contributed by atoms with E-state index in [4.69, 9.17) is 4.74 Å². The molecule has 88 valence electrons. The Morgan fingerprint density at radius 2 is 2.19 bits per heavy atom. The highest BCUT2D eigenvalue weighted by atomic mass is 32.2. The van der Waals surface area contributed by atoms with Crippen LogP contribution in [0.5, 0.6) is 0 Å². The van der Waals surface area contributed by atoms with Crippen molar-refractivity contribution in [3.63, 3.8) is 0 Å². The topological polar surface area (TPSA) is 37.4 Å². The van der Waals surface area contributed by atoms with Crippen molar-refractivity contribution < 1.29 is 4.74 Å². The molecule has 1 aliphatic heterocycles. The number of hydrogen-bond acceptors (Lipinski definition) is 5. The van der Waals surface area contributed by atoms with Gasteiger partial charge in [0.1, 0.15) is 5.03 Å². The summed E-state index contributed by atoms with van der Waals surface area (Å²) in [5.74, 6) is 0. The van der Waals surface area contributed by atoms with Gasteiger partial charge in [-0.05, 0) is 12.3 Å². The second kappa shape index (κ2) is 5.41. The number of aromatic nitrogens is 1. The van der Waals surface area contributed by atoms with Crippen LogP contribution in [0, 0.1) is 0 Å². The van der Waals surface area contributed by atoms with Crippen molar-refractivity contribution in [2.75, 3.05) is 49.8 Å². The maximum absolute atomic E-state index is 5.34. The van der Waals surface area contributed by atoms with Crippen LogP contribution in [0.3, 0.4) is 0 Å². The quantitative estimate of drug-likeness (QED) is 0.812. The van der Waals surface area contributed by atoms with Gasteiger partial charge in [-0.25, -0.2) is 4.98 Å². The first kappa shape index (κ1) is 11.5. The van der Waals surface area contributed by atoms with E-state index in [9.17, 15) is 0 Å². The Labute approximate surface area is 100 Å². The van der Waals surface area contributed by atoms with Crippen molar-refractivity contribution in [3.8, 4) is 0 Å². The van der Waals surface area contributed by atoms with Crippen molar-refractivity contribution in [3.05, 3.63) is 12.3 Å². The van der Waals surface area contributed by atoms with Gasteiger partial charge in [-0.3, -0.25) is 0 Å². The van der Waals surface area contributed by atoms with Gasteiger partial charge in [-0.1, -0.05) is 0 Å². The molecule has 5 heteroatoms. The lowest BCUT2D eigenvalue weighted by Gasteiger charge is -2.29. The molecule has 2 rings (SSSR count). The predicted molar refractivity (Wildman–Crippen MR) is 68.6 cm³/mol. The van der Waals surface area contributed by atoms with Crippen molar-refractivity contribution >= 4 is 23.1 Å². The molecule has 4 nitrogen and oxygen atoms in total. The Morgan fingerprint density at radius 3 is 2.81 bits per heavy atom. The van der Waals surface area contributed by atoms with E-state index in [2.05, 4.69) is 21.3 Å². The van der Waals surface area contributed by atoms with Crippen molar-refractivity contribution in [2.24, 2.45) is 0 Å². The standard InChI is InChI=1S/C11H17N3OS/c1-12-10-7-9(8-13-11(10)16-2)14-3-5-15-6-4-14/h7-8,12H,3-6H2,1-2H3. The number of nitrogens with zero attached hydrogens (tertiary/aromatic N) is 2. The molecule has 2 heterocycles. The lowest BCUT2D eigenvalue weighted by molar-refractivity contribution is 0.122. The smallest absolute Gasteiger partial charge is 0.119 e. The van der Waals surface area contributed by atoms with E-state index < -0.39 is 0 Å². The van der Waals surface area contributed by atoms with Crippen LogP contribution in [0.15, 0.2) is 17.3 Å². The molecule has 1 aromatic rings. The molecule has 0 amide bonds. The maximum Gasteiger partial charge on any atom is 0.119 e. The van der Waals surface area contributed by atoms with E-state index in [0.29, 0.717) is 0 Å². The molecule has 1 N–H and O–H groups in total. The van der Waals surface area contributed by atoms with Crippen LogP contribution < -0.4 is 10.2 Å². The maximum atomic E-state index is 5.34. The number of pyridine rings is 1. The highest BCUT2D eigenvalue weighted by molar-refractivity contribution is 7.98. The summed E-state index contributed by atoms with van der Waals surface area (Å²) >= 11 is 1.66. The van der Waals surface area contributed by atoms with Gasteiger partial charge < -0.3 is 15.0 Å². The van der Waals surface area contributed by atoms with Crippen molar-refractivity contribution in [2.45, 2.75) is 5.03 Å². The highest BCUT2D eigenvalue weighted by Crippen LogP contribution is 2.27. The third-order valence-electron chi connectivity index (χ3n) is 2.68. The third-order valence-corrected chi connectivity index (χ3v) is 3.39. The highest BCUT2D eigenvalue weighted by Gasteiger charge is 2.13. The van der Waals surface area contributed by atoms with Crippen LogP contribution in [0.2, 0.25) is 0 Å². The van der Waals surface area contributed by atoms with Gasteiger partial charge in [0.05, 0.1) is 30.8 Å². The van der Waals surface area contributed by atoms with Crippen LogP contribution in [0.4, 0.5) is 11.4 Å². The largest absolute Gasteiger partial charge is 0.386 e. The first-order chi connectivity index (χ1) is 7.85. The number of rotatable bonds is 3. The second-order valence-electron chi connectivity index (χ2n) is 3.60. The molecule has 0 atom stereocenters. The number of morpholine rings is 1. The summed E-state index contributed by atoms with van der Waals surface area (Å²) in [4.78, 5) is 6.77. The lowest BCUT2D eigenvalue weighted by atomic mass is 10.3. The second-order valence-corrected chi connectivity index (χ2v) is 4.39. The molecule has 1 aliphatic rings. The average Bonchev–Trinajstić information content (AvgIpc) is 2.39. The molecule has 1 saturated heterocycles. The van der Waals surface area contributed by atoms with Gasteiger partial charge in [0.2, 0.25) is 0 Å². The summed E-state index contributed by atoms with van der Waals surface area (Å²) in [6.45, 7) is 3.51. The molecule has 1 fully saturated rings.